The molecule has 0 bridgehead atoms. The van der Waals surface area contributed by atoms with Crippen LogP contribution in [0, 0.1) is 0 Å². The Hall–Kier alpha value is -7.24. The molecule has 5 heteroatoms. The number of para-hydroxylation sites is 1. The molecular weight excluding hydrogens is 767 g/mol. The van der Waals surface area contributed by atoms with Gasteiger partial charge in [0, 0.05) is 77.7 Å². The zero-order valence-corrected chi connectivity index (χ0v) is 36.4. The fourth-order valence-electron chi connectivity index (χ4n) is 9.80. The van der Waals surface area contributed by atoms with Gasteiger partial charge in [0.2, 0.25) is 0 Å². The zero-order valence-electron chi connectivity index (χ0n) is 36.4. The third-order valence-electron chi connectivity index (χ3n) is 13.1. The third kappa shape index (κ3) is 5.97. The van der Waals surface area contributed by atoms with Crippen molar-refractivity contribution in [3.63, 3.8) is 0 Å². The minimum atomic E-state index is -0.0533. The summed E-state index contributed by atoms with van der Waals surface area (Å²) in [4.78, 5) is 0. The van der Waals surface area contributed by atoms with Crippen molar-refractivity contribution in [3.05, 3.63) is 175 Å². The van der Waals surface area contributed by atoms with Crippen LogP contribution in [0.25, 0.3) is 94.0 Å². The number of fused-ring (bicyclic) bond motifs is 9. The summed E-state index contributed by atoms with van der Waals surface area (Å²) in [6.07, 6.45) is 0. The second kappa shape index (κ2) is 13.6. The van der Waals surface area contributed by atoms with Gasteiger partial charge in [0.1, 0.15) is 22.7 Å². The highest BCUT2D eigenvalue weighted by molar-refractivity contribution is 6.73. The smallest absolute Gasteiger partial charge is 0.197 e. The molecule has 0 saturated heterocycles. The Morgan fingerprint density at radius 2 is 1.13 bits per heavy atom. The molecule has 303 valence electrons. The zero-order chi connectivity index (χ0) is 42.8. The quantitative estimate of drug-likeness (QED) is 0.176. The summed E-state index contributed by atoms with van der Waals surface area (Å²) in [5, 5.41) is 10.7. The molecule has 1 N–H and O–H groups in total. The Balaban J connectivity index is 1.15. The minimum Gasteiger partial charge on any atom is -0.456 e. The molecule has 1 aliphatic heterocycles. The van der Waals surface area contributed by atoms with E-state index in [2.05, 4.69) is 216 Å². The van der Waals surface area contributed by atoms with Crippen LogP contribution in [0.3, 0.4) is 0 Å². The lowest BCUT2D eigenvalue weighted by molar-refractivity contribution is 0.590. The molecule has 0 amide bonds. The second-order valence-corrected chi connectivity index (χ2v) is 19.3. The second-order valence-electron chi connectivity index (χ2n) is 19.3. The van der Waals surface area contributed by atoms with Gasteiger partial charge in [0.15, 0.2) is 7.28 Å². The molecular formula is C58H46BN2O2. The Kier molecular flexibility index (Phi) is 8.12. The summed E-state index contributed by atoms with van der Waals surface area (Å²) in [6.45, 7) is 13.7. The molecule has 8 aromatic carbocycles. The minimum absolute atomic E-state index is 0.0533. The molecule has 11 aromatic rings. The fourth-order valence-corrected chi connectivity index (χ4v) is 9.80. The molecule has 0 saturated carbocycles. The van der Waals surface area contributed by atoms with E-state index in [1.165, 1.54) is 38.4 Å². The Morgan fingerprint density at radius 1 is 0.476 bits per heavy atom. The van der Waals surface area contributed by atoms with Gasteiger partial charge in [-0.15, -0.1) is 0 Å². The van der Waals surface area contributed by atoms with Crippen LogP contribution in [0.15, 0.2) is 173 Å². The monoisotopic (exact) mass is 813 g/mol. The van der Waals surface area contributed by atoms with Gasteiger partial charge >= 0.3 is 0 Å². The topological polar surface area (TPSA) is 43.2 Å². The van der Waals surface area contributed by atoms with E-state index < -0.39 is 0 Å². The molecule has 0 atom stereocenters. The maximum atomic E-state index is 6.96. The maximum Gasteiger partial charge on any atom is 0.197 e. The van der Waals surface area contributed by atoms with Crippen LogP contribution in [0.2, 0.25) is 0 Å². The van der Waals surface area contributed by atoms with E-state index >= 15 is 0 Å². The van der Waals surface area contributed by atoms with Crippen LogP contribution in [0.1, 0.15) is 52.7 Å². The molecule has 3 aromatic heterocycles. The summed E-state index contributed by atoms with van der Waals surface area (Å²) in [5.41, 5.74) is 16.7. The van der Waals surface area contributed by atoms with Crippen molar-refractivity contribution in [2.45, 2.75) is 52.4 Å². The molecule has 1 radical (unpaired) electrons. The highest BCUT2D eigenvalue weighted by Crippen LogP contribution is 2.45. The average Bonchev–Trinajstić information content (AvgIpc) is 3.95. The van der Waals surface area contributed by atoms with Crippen LogP contribution < -0.4 is 16.2 Å². The first kappa shape index (κ1) is 37.5. The number of nitrogens with zero attached hydrogens (tertiary/aromatic N) is 1. The Morgan fingerprint density at radius 3 is 1.83 bits per heavy atom. The summed E-state index contributed by atoms with van der Waals surface area (Å²) < 4.78 is 16.0. The van der Waals surface area contributed by atoms with E-state index in [0.717, 1.165) is 89.0 Å². The normalized spacial score (nSPS) is 12.7. The standard InChI is InChI=1S/C58H46BN2O2/c1-57(2,3)36-21-24-38(25-22-36)60-48-28-23-37(58(4,5)6)29-42(48)40-26-27-41-43-30-44-39-19-13-14-20-51(39)62-52(44)33-49(43)61-50-32-46-45(31-47(50)59-53(40)54(41)61)55(34-15-9-7-10-16-34)63-56(46)35-17-11-8-12-18-35/h7-33,60H,1-6H3. The van der Waals surface area contributed by atoms with Gasteiger partial charge in [0.05, 0.1) is 5.52 Å². The van der Waals surface area contributed by atoms with Gasteiger partial charge in [-0.05, 0) is 75.4 Å². The molecule has 1 aliphatic rings. The SMILES string of the molecule is CC(C)(C)c1ccc(Nc2ccc(C(C)(C)C)cc2-c2ccc3c4cc5c(cc4n4c3c2[B]c2cc3c(-c6ccccc6)oc(-c6ccccc6)c3cc2-4)oc2ccccc25)cc1. The molecule has 0 spiro atoms. The van der Waals surface area contributed by atoms with E-state index in [4.69, 9.17) is 8.83 Å². The van der Waals surface area contributed by atoms with Crippen molar-refractivity contribution in [2.75, 3.05) is 5.32 Å². The van der Waals surface area contributed by atoms with E-state index in [9.17, 15) is 0 Å². The van der Waals surface area contributed by atoms with Crippen molar-refractivity contribution in [2.24, 2.45) is 0 Å². The molecule has 63 heavy (non-hydrogen) atoms. The molecule has 0 unspecified atom stereocenters. The first-order valence-corrected chi connectivity index (χ1v) is 22.0. The highest BCUT2D eigenvalue weighted by Gasteiger charge is 2.30. The largest absolute Gasteiger partial charge is 0.456 e. The average molecular weight is 814 g/mol. The Bertz CT molecular complexity index is 3610. The third-order valence-corrected chi connectivity index (χ3v) is 13.1. The van der Waals surface area contributed by atoms with Crippen molar-refractivity contribution >= 4 is 84.1 Å². The number of hydrogen-bond acceptors (Lipinski definition) is 3. The van der Waals surface area contributed by atoms with Crippen LogP contribution in [-0.2, 0) is 10.8 Å². The maximum absolute atomic E-state index is 6.96. The van der Waals surface area contributed by atoms with Gasteiger partial charge in [-0.2, -0.15) is 0 Å². The van der Waals surface area contributed by atoms with Crippen LogP contribution in [0.5, 0.6) is 0 Å². The van der Waals surface area contributed by atoms with Crippen molar-refractivity contribution in [1.82, 2.24) is 4.57 Å². The van der Waals surface area contributed by atoms with E-state index in [1.54, 1.807) is 0 Å². The number of rotatable bonds is 5. The van der Waals surface area contributed by atoms with Crippen LogP contribution in [-0.4, -0.2) is 11.8 Å². The lowest BCUT2D eigenvalue weighted by Gasteiger charge is -2.26. The molecule has 12 rings (SSSR count). The molecule has 4 nitrogen and oxygen atoms in total. The van der Waals surface area contributed by atoms with Gasteiger partial charge < -0.3 is 18.7 Å². The summed E-state index contributed by atoms with van der Waals surface area (Å²) in [6, 6.07) is 59.2. The number of nitrogens with one attached hydrogen (secondary N) is 1. The molecule has 0 fully saturated rings. The van der Waals surface area contributed by atoms with Gasteiger partial charge in [-0.1, -0.05) is 162 Å². The number of benzene rings is 8. The van der Waals surface area contributed by atoms with E-state index in [-0.39, 0.29) is 10.8 Å². The number of furan rings is 2. The van der Waals surface area contributed by atoms with E-state index in [1.807, 2.05) is 6.07 Å². The van der Waals surface area contributed by atoms with Gasteiger partial charge in [-0.3, -0.25) is 0 Å². The molecule has 4 heterocycles. The summed E-state index contributed by atoms with van der Waals surface area (Å²) in [7, 11) is 2.42. The molecule has 0 aliphatic carbocycles. The highest BCUT2D eigenvalue weighted by atomic mass is 16.3. The van der Waals surface area contributed by atoms with Crippen molar-refractivity contribution < 1.29 is 8.83 Å². The summed E-state index contributed by atoms with van der Waals surface area (Å²) in [5.74, 6) is 1.73. The lowest BCUT2D eigenvalue weighted by atomic mass is 9.58. The van der Waals surface area contributed by atoms with Crippen LogP contribution in [0.4, 0.5) is 11.4 Å². The first-order valence-electron chi connectivity index (χ1n) is 22.0. The van der Waals surface area contributed by atoms with Crippen molar-refractivity contribution in [1.29, 1.82) is 0 Å². The first-order chi connectivity index (χ1) is 30.5. The van der Waals surface area contributed by atoms with Gasteiger partial charge in [-0.25, -0.2) is 0 Å². The predicted molar refractivity (Wildman–Crippen MR) is 266 cm³/mol. The lowest BCUT2D eigenvalue weighted by Crippen LogP contribution is -2.37. The van der Waals surface area contributed by atoms with Crippen molar-refractivity contribution in [3.8, 4) is 39.5 Å². The predicted octanol–water partition coefficient (Wildman–Crippen LogP) is 14.7. The fraction of sp³-hybridized carbons (Fsp3) is 0.138. The number of aromatic nitrogens is 1. The van der Waals surface area contributed by atoms with Gasteiger partial charge in [0.25, 0.3) is 0 Å². The summed E-state index contributed by atoms with van der Waals surface area (Å²) >= 11 is 0. The number of hydrogen-bond donors (Lipinski definition) is 1. The van der Waals surface area contributed by atoms with Crippen LogP contribution >= 0.6 is 0 Å². The Labute approximate surface area is 368 Å². The number of anilines is 2. The van der Waals surface area contributed by atoms with E-state index in [0.29, 0.717) is 0 Å².